The Morgan fingerprint density at radius 1 is 0.788 bits per heavy atom. The number of alkyl carbamates (subject to hydrolysis) is 1. The fraction of sp³-hybridized carbons (Fsp3) is 0.229. The number of anilines is 1. The van der Waals surface area contributed by atoms with Crippen LogP contribution >= 0.6 is 0 Å². The van der Waals surface area contributed by atoms with Gasteiger partial charge in [0.15, 0.2) is 5.60 Å². The molecule has 1 spiro atoms. The molecule has 0 radical (unpaired) electrons. The lowest BCUT2D eigenvalue weighted by atomic mass is 9.77. The quantitative estimate of drug-likeness (QED) is 0.0573. The number of nitrogens with one attached hydrogen (secondary N) is 1. The fourth-order valence-electron chi connectivity index (χ4n) is 8.72. The molecule has 66 heavy (non-hydrogen) atoms. The van der Waals surface area contributed by atoms with E-state index in [1.165, 1.54) is 52.3 Å². The molecule has 6 aromatic rings. The summed E-state index contributed by atoms with van der Waals surface area (Å²) in [5, 5.41) is 35.4. The Kier molecular flexibility index (Phi) is 11.0. The third kappa shape index (κ3) is 7.61. The van der Waals surface area contributed by atoms with Gasteiger partial charge in [0.05, 0.1) is 16.1 Å². The number of nitro benzene ring substituents is 1. The number of benzene rings is 5. The van der Waals surface area contributed by atoms with Crippen molar-refractivity contribution >= 4 is 46.2 Å². The van der Waals surface area contributed by atoms with Gasteiger partial charge in [-0.2, -0.15) is 0 Å². The van der Waals surface area contributed by atoms with Crippen LogP contribution in [-0.2, 0) is 28.2 Å². The molecule has 0 bridgehead atoms. The molecule has 336 valence electrons. The molecule has 0 atom stereocenters. The molecule has 1 fully saturated rings. The van der Waals surface area contributed by atoms with Crippen LogP contribution in [-0.4, -0.2) is 88.1 Å². The highest BCUT2D eigenvalue weighted by molar-refractivity contribution is 5.99. The van der Waals surface area contributed by atoms with E-state index in [-0.39, 0.29) is 83.7 Å². The van der Waals surface area contributed by atoms with E-state index in [4.69, 9.17) is 18.6 Å². The summed E-state index contributed by atoms with van der Waals surface area (Å²) >= 11 is 0. The lowest BCUT2D eigenvalue weighted by Crippen LogP contribution is -2.51. The third-order valence-corrected chi connectivity index (χ3v) is 12.1. The number of non-ortho nitro benzene ring substituents is 1. The number of esters is 1. The van der Waals surface area contributed by atoms with Crippen molar-refractivity contribution in [2.75, 3.05) is 44.2 Å². The van der Waals surface area contributed by atoms with E-state index in [0.717, 1.165) is 24.8 Å². The van der Waals surface area contributed by atoms with Crippen molar-refractivity contribution in [3.05, 3.63) is 162 Å². The molecule has 3 amide bonds. The fourth-order valence-corrected chi connectivity index (χ4v) is 8.72. The Bertz CT molecular complexity index is 3010. The minimum Gasteiger partial charge on any atom is -0.508 e. The number of hydrogen-bond acceptors (Lipinski definition) is 14. The van der Waals surface area contributed by atoms with E-state index in [0.29, 0.717) is 33.2 Å². The molecule has 3 N–H and O–H groups in total. The van der Waals surface area contributed by atoms with Gasteiger partial charge in [-0.1, -0.05) is 12.1 Å². The van der Waals surface area contributed by atoms with Gasteiger partial charge >= 0.3 is 17.7 Å². The molecule has 0 unspecified atom stereocenters. The number of phenolic OH excluding ortho intramolecular Hbond substituents is 2. The van der Waals surface area contributed by atoms with Gasteiger partial charge in [0.1, 0.15) is 40.8 Å². The number of amides is 3. The zero-order valence-corrected chi connectivity index (χ0v) is 35.6. The van der Waals surface area contributed by atoms with Crippen LogP contribution in [0.1, 0.15) is 72.7 Å². The number of hydrogen-bond donors (Lipinski definition) is 3. The number of fused-ring (bicyclic) bond motifs is 7. The topological polar surface area (TPSA) is 232 Å². The summed E-state index contributed by atoms with van der Waals surface area (Å²) < 4.78 is 23.1. The maximum atomic E-state index is 13.9. The Morgan fingerprint density at radius 3 is 2.06 bits per heavy atom. The number of phenols is 2. The maximum absolute atomic E-state index is 13.9. The summed E-state index contributed by atoms with van der Waals surface area (Å²) in [7, 11) is 0. The van der Waals surface area contributed by atoms with E-state index in [2.05, 4.69) is 10.2 Å². The second-order valence-electron chi connectivity index (χ2n) is 15.9. The van der Waals surface area contributed by atoms with Gasteiger partial charge in [0.25, 0.3) is 17.5 Å². The average molecular weight is 896 g/mol. The van der Waals surface area contributed by atoms with Crippen LogP contribution in [0.15, 0.2) is 106 Å². The number of piperazine rings is 1. The van der Waals surface area contributed by atoms with Crippen LogP contribution in [0.25, 0.3) is 11.0 Å². The number of carbonyl (C=O) groups excluding carboxylic acids is 4. The minimum absolute atomic E-state index is 0.0512. The highest BCUT2D eigenvalue weighted by atomic mass is 16.6. The highest BCUT2D eigenvalue weighted by Crippen LogP contribution is 2.57. The summed E-state index contributed by atoms with van der Waals surface area (Å²) in [6.07, 6.45) is -0.882. The predicted octanol–water partition coefficient (Wildman–Crippen LogP) is 6.55. The monoisotopic (exact) mass is 895 g/mol. The van der Waals surface area contributed by atoms with Crippen LogP contribution in [0, 0.1) is 10.1 Å². The number of nitrogens with zero attached hydrogens (tertiary/aromatic N) is 4. The van der Waals surface area contributed by atoms with Gasteiger partial charge in [-0.05, 0) is 74.0 Å². The minimum atomic E-state index is -1.46. The first-order valence-corrected chi connectivity index (χ1v) is 21.1. The summed E-state index contributed by atoms with van der Waals surface area (Å²) in [5.41, 5.74) is 0.758. The van der Waals surface area contributed by atoms with Crippen LogP contribution in [0.5, 0.6) is 23.0 Å². The van der Waals surface area contributed by atoms with Gasteiger partial charge in [-0.25, -0.2) is 14.4 Å². The molecule has 18 heteroatoms. The molecule has 5 aromatic carbocycles. The number of carbonyl (C=O) groups is 4. The molecular weight excluding hydrogens is 855 g/mol. The smallest absolute Gasteiger partial charge is 0.407 e. The molecular formula is C48H41N5O13. The SMILES string of the molecule is CCN(CC)c1ccc2cc(C(=O)N3CCN(C(=O)c4cc([N+](=O)[O-])ccc4COC(=O)NCc4ccc5c(c4)C(=O)OC54c5ccc(O)cc5Oc5cc(O)ccc54)CC3)c(=O)oc2c1. The lowest BCUT2D eigenvalue weighted by molar-refractivity contribution is -0.384. The van der Waals surface area contributed by atoms with Crippen molar-refractivity contribution in [1.29, 1.82) is 0 Å². The lowest BCUT2D eigenvalue weighted by Gasteiger charge is -2.36. The highest BCUT2D eigenvalue weighted by Gasteiger charge is 2.53. The Labute approximate surface area is 375 Å². The molecule has 1 saturated heterocycles. The molecule has 4 heterocycles. The van der Waals surface area contributed by atoms with Gasteiger partial charge in [0, 0.05) is 109 Å². The Balaban J connectivity index is 0.856. The first-order chi connectivity index (χ1) is 31.8. The molecule has 0 aliphatic carbocycles. The van der Waals surface area contributed by atoms with Crippen molar-refractivity contribution in [1.82, 2.24) is 15.1 Å². The molecule has 18 nitrogen and oxygen atoms in total. The average Bonchev–Trinajstić information content (AvgIpc) is 3.60. The second-order valence-corrected chi connectivity index (χ2v) is 15.9. The largest absolute Gasteiger partial charge is 0.508 e. The zero-order chi connectivity index (χ0) is 46.4. The van der Waals surface area contributed by atoms with E-state index in [1.54, 1.807) is 42.5 Å². The zero-order valence-electron chi connectivity index (χ0n) is 35.6. The first-order valence-electron chi connectivity index (χ1n) is 21.1. The van der Waals surface area contributed by atoms with E-state index < -0.39 is 46.6 Å². The summed E-state index contributed by atoms with van der Waals surface area (Å²) in [6, 6.07) is 24.4. The summed E-state index contributed by atoms with van der Waals surface area (Å²) in [4.78, 5) is 83.1. The maximum Gasteiger partial charge on any atom is 0.407 e. The number of aromatic hydroxyl groups is 2. The number of rotatable bonds is 10. The van der Waals surface area contributed by atoms with Crippen molar-refractivity contribution in [2.24, 2.45) is 0 Å². The Hall–Kier alpha value is -8.41. The standard InChI is InChI=1S/C48H41N5O13/c1-3-50(4-2)30-8-6-28-20-36(45(58)65-40(28)22-30)44(57)52-17-15-51(16-18-52)43(56)34-21-31(53(61)62)9-7-29(34)26-63-47(60)49-25-27-5-12-37-35(19-27)46(59)66-48(37)38-13-10-32(54)23-41(38)64-42-24-33(55)11-14-39(42)48/h5-14,19-24,54-55H,3-4,15-18,25-26H2,1-2H3,(H,49,60). The predicted molar refractivity (Wildman–Crippen MR) is 236 cm³/mol. The van der Waals surface area contributed by atoms with Gasteiger partial charge < -0.3 is 48.9 Å². The van der Waals surface area contributed by atoms with Crippen LogP contribution < -0.4 is 20.6 Å². The van der Waals surface area contributed by atoms with E-state index in [1.807, 2.05) is 19.9 Å². The van der Waals surface area contributed by atoms with Crippen LogP contribution in [0.4, 0.5) is 16.2 Å². The molecule has 3 aliphatic heterocycles. The summed E-state index contributed by atoms with van der Waals surface area (Å²) in [6.45, 7) is 5.29. The number of nitro groups is 1. The van der Waals surface area contributed by atoms with Gasteiger partial charge in [0.2, 0.25) is 0 Å². The number of ether oxygens (including phenoxy) is 3. The van der Waals surface area contributed by atoms with E-state index in [9.17, 15) is 44.3 Å². The van der Waals surface area contributed by atoms with Crippen molar-refractivity contribution in [3.8, 4) is 23.0 Å². The van der Waals surface area contributed by atoms with Crippen molar-refractivity contribution < 1.29 is 52.9 Å². The third-order valence-electron chi connectivity index (χ3n) is 12.1. The van der Waals surface area contributed by atoms with Crippen LogP contribution in [0.2, 0.25) is 0 Å². The Morgan fingerprint density at radius 2 is 1.42 bits per heavy atom. The van der Waals surface area contributed by atoms with Gasteiger partial charge in [-0.15, -0.1) is 0 Å². The second kappa shape index (κ2) is 16.9. The van der Waals surface area contributed by atoms with Crippen molar-refractivity contribution in [2.45, 2.75) is 32.6 Å². The van der Waals surface area contributed by atoms with Crippen molar-refractivity contribution in [3.63, 3.8) is 0 Å². The molecule has 1 aromatic heterocycles. The first kappa shape index (κ1) is 42.9. The molecule has 9 rings (SSSR count). The normalized spacial score (nSPS) is 14.4. The van der Waals surface area contributed by atoms with E-state index >= 15 is 0 Å². The van der Waals surface area contributed by atoms with Crippen LogP contribution in [0.3, 0.4) is 0 Å². The molecule has 0 saturated carbocycles. The van der Waals surface area contributed by atoms with Gasteiger partial charge in [-0.3, -0.25) is 19.7 Å². The molecule has 3 aliphatic rings. The summed E-state index contributed by atoms with van der Waals surface area (Å²) in [5.74, 6) is -1.48.